The summed E-state index contributed by atoms with van der Waals surface area (Å²) in [7, 11) is 0. The smallest absolute Gasteiger partial charge is 0.433 e. The first-order valence-electron chi connectivity index (χ1n) is 7.10. The van der Waals surface area contributed by atoms with Gasteiger partial charge in [0.25, 0.3) is 0 Å². The van der Waals surface area contributed by atoms with Gasteiger partial charge in [0.1, 0.15) is 11.0 Å². The van der Waals surface area contributed by atoms with Crippen LogP contribution in [-0.2, 0) is 4.74 Å². The highest BCUT2D eigenvalue weighted by Gasteiger charge is 2.32. The highest BCUT2D eigenvalue weighted by Crippen LogP contribution is 2.17. The Morgan fingerprint density at radius 1 is 1.41 bits per heavy atom. The molecule has 1 atom stereocenters. The number of carbonyl (C=O) groups is 1. The number of hydrazone groups is 1. The minimum absolute atomic E-state index is 0.200. The fraction of sp³-hybridized carbons (Fsp3) is 0.538. The molecule has 118 valence electrons. The Morgan fingerprint density at radius 2 is 2.18 bits per heavy atom. The van der Waals surface area contributed by atoms with Crippen LogP contribution >= 0.6 is 0 Å². The number of hydrogen-bond acceptors (Lipinski definition) is 7. The van der Waals surface area contributed by atoms with E-state index in [-0.39, 0.29) is 17.7 Å². The maximum absolute atomic E-state index is 11.7. The Balaban J connectivity index is 1.56. The summed E-state index contributed by atoms with van der Waals surface area (Å²) in [5, 5.41) is 15.7. The molecule has 0 aromatic carbocycles. The van der Waals surface area contributed by atoms with Crippen molar-refractivity contribution in [3.05, 3.63) is 28.0 Å². The van der Waals surface area contributed by atoms with Gasteiger partial charge >= 0.3 is 12.0 Å². The van der Waals surface area contributed by atoms with Crippen molar-refractivity contribution < 1.29 is 18.9 Å². The molecule has 2 aliphatic heterocycles. The van der Waals surface area contributed by atoms with Gasteiger partial charge in [0.2, 0.25) is 0 Å². The van der Waals surface area contributed by atoms with Gasteiger partial charge in [0, 0.05) is 6.54 Å². The molecule has 0 radical (unpaired) electrons. The zero-order chi connectivity index (χ0) is 15.5. The molecule has 2 fully saturated rings. The standard InChI is InChI=1S/C13H16N4O5/c18-13-16(9-11(22-13)8-15-5-1-2-6-15)14-7-10-3-4-12(21-10)17(19)20/h3-4,7,11H,1-2,5-6,8-9H2. The molecule has 3 rings (SSSR count). The Morgan fingerprint density at radius 3 is 2.86 bits per heavy atom. The van der Waals surface area contributed by atoms with Gasteiger partial charge < -0.3 is 9.15 Å². The van der Waals surface area contributed by atoms with Crippen LogP contribution in [0.1, 0.15) is 18.6 Å². The molecule has 0 aliphatic carbocycles. The van der Waals surface area contributed by atoms with E-state index in [9.17, 15) is 14.9 Å². The molecule has 2 aliphatic rings. The summed E-state index contributed by atoms with van der Waals surface area (Å²) < 4.78 is 10.2. The monoisotopic (exact) mass is 308 g/mol. The van der Waals surface area contributed by atoms with Gasteiger partial charge in [-0.15, -0.1) is 0 Å². The van der Waals surface area contributed by atoms with Gasteiger partial charge in [-0.1, -0.05) is 0 Å². The van der Waals surface area contributed by atoms with Crippen molar-refractivity contribution in [2.24, 2.45) is 5.10 Å². The molecule has 0 spiro atoms. The summed E-state index contributed by atoms with van der Waals surface area (Å²) in [4.78, 5) is 23.9. The molecule has 1 aromatic rings. The molecular formula is C13H16N4O5. The number of amides is 1. The lowest BCUT2D eigenvalue weighted by molar-refractivity contribution is -0.402. The summed E-state index contributed by atoms with van der Waals surface area (Å²) >= 11 is 0. The summed E-state index contributed by atoms with van der Waals surface area (Å²) in [6.45, 7) is 3.15. The number of cyclic esters (lactones) is 1. The van der Waals surface area contributed by atoms with E-state index in [1.165, 1.54) is 36.2 Å². The minimum atomic E-state index is -0.631. The lowest BCUT2D eigenvalue weighted by atomic mass is 10.3. The second-order valence-electron chi connectivity index (χ2n) is 5.27. The van der Waals surface area contributed by atoms with Gasteiger partial charge in [-0.3, -0.25) is 15.0 Å². The summed E-state index contributed by atoms with van der Waals surface area (Å²) in [6, 6.07) is 2.66. The molecular weight excluding hydrogens is 292 g/mol. The zero-order valence-electron chi connectivity index (χ0n) is 11.9. The van der Waals surface area contributed by atoms with Crippen molar-refractivity contribution in [1.82, 2.24) is 9.91 Å². The normalized spacial score (nSPS) is 22.6. The summed E-state index contributed by atoms with van der Waals surface area (Å²) in [5.41, 5.74) is 0. The average Bonchev–Trinajstić information content (AvgIpc) is 3.18. The summed E-state index contributed by atoms with van der Waals surface area (Å²) in [6.07, 6.45) is 2.92. The SMILES string of the molecule is O=C1OC(CN2CCCC2)CN1N=Cc1ccc([N+](=O)[O-])o1. The molecule has 0 N–H and O–H groups in total. The first-order valence-corrected chi connectivity index (χ1v) is 7.10. The van der Waals surface area contributed by atoms with Crippen molar-refractivity contribution in [2.45, 2.75) is 18.9 Å². The molecule has 0 saturated carbocycles. The average molecular weight is 308 g/mol. The highest BCUT2D eigenvalue weighted by atomic mass is 16.6. The van der Waals surface area contributed by atoms with E-state index < -0.39 is 11.0 Å². The number of carbonyl (C=O) groups excluding carboxylic acids is 1. The van der Waals surface area contributed by atoms with Crippen molar-refractivity contribution >= 4 is 18.2 Å². The van der Waals surface area contributed by atoms with Crippen molar-refractivity contribution in [3.8, 4) is 0 Å². The highest BCUT2D eigenvalue weighted by molar-refractivity contribution is 5.78. The first-order chi connectivity index (χ1) is 10.6. The third-order valence-electron chi connectivity index (χ3n) is 3.63. The van der Waals surface area contributed by atoms with Crippen molar-refractivity contribution in [1.29, 1.82) is 0 Å². The van der Waals surface area contributed by atoms with E-state index in [0.717, 1.165) is 13.1 Å². The Bertz CT molecular complexity index is 593. The molecule has 2 saturated heterocycles. The van der Waals surface area contributed by atoms with Crippen LogP contribution in [0.5, 0.6) is 0 Å². The van der Waals surface area contributed by atoms with Gasteiger partial charge in [-0.2, -0.15) is 10.1 Å². The number of furan rings is 1. The fourth-order valence-corrected chi connectivity index (χ4v) is 2.59. The molecule has 22 heavy (non-hydrogen) atoms. The molecule has 9 nitrogen and oxygen atoms in total. The van der Waals surface area contributed by atoms with Crippen LogP contribution in [0.4, 0.5) is 10.7 Å². The van der Waals surface area contributed by atoms with Crippen LogP contribution in [-0.4, -0.2) is 59.4 Å². The minimum Gasteiger partial charge on any atom is -0.441 e. The Hall–Kier alpha value is -2.42. The Labute approximate surface area is 126 Å². The number of hydrogen-bond donors (Lipinski definition) is 0. The van der Waals surface area contributed by atoms with E-state index in [0.29, 0.717) is 13.1 Å². The van der Waals surface area contributed by atoms with Gasteiger partial charge in [0.15, 0.2) is 5.76 Å². The lowest BCUT2D eigenvalue weighted by Gasteiger charge is -2.17. The zero-order valence-corrected chi connectivity index (χ0v) is 11.9. The predicted octanol–water partition coefficient (Wildman–Crippen LogP) is 1.44. The number of nitro groups is 1. The van der Waals surface area contributed by atoms with Crippen LogP contribution in [0.15, 0.2) is 21.7 Å². The molecule has 0 bridgehead atoms. The van der Waals surface area contributed by atoms with E-state index in [2.05, 4.69) is 10.0 Å². The maximum Gasteiger partial charge on any atom is 0.433 e. The second kappa shape index (κ2) is 6.14. The Kier molecular flexibility index (Phi) is 4.05. The van der Waals surface area contributed by atoms with Crippen LogP contribution < -0.4 is 0 Å². The third-order valence-corrected chi connectivity index (χ3v) is 3.63. The second-order valence-corrected chi connectivity index (χ2v) is 5.27. The number of ether oxygens (including phenoxy) is 1. The van der Waals surface area contributed by atoms with Crippen LogP contribution in [0, 0.1) is 10.1 Å². The molecule has 3 heterocycles. The molecule has 1 amide bonds. The third kappa shape index (κ3) is 3.25. The van der Waals surface area contributed by atoms with E-state index in [1.54, 1.807) is 0 Å². The summed E-state index contributed by atoms with van der Waals surface area (Å²) in [5.74, 6) is -0.153. The van der Waals surface area contributed by atoms with Gasteiger partial charge in [0.05, 0.1) is 18.8 Å². The largest absolute Gasteiger partial charge is 0.441 e. The number of likely N-dealkylation sites (tertiary alicyclic amines) is 1. The molecule has 1 aromatic heterocycles. The van der Waals surface area contributed by atoms with E-state index in [4.69, 9.17) is 9.15 Å². The van der Waals surface area contributed by atoms with Crippen LogP contribution in [0.2, 0.25) is 0 Å². The lowest BCUT2D eigenvalue weighted by Crippen LogP contribution is -2.32. The predicted molar refractivity (Wildman–Crippen MR) is 75.6 cm³/mol. The van der Waals surface area contributed by atoms with Crippen LogP contribution in [0.25, 0.3) is 0 Å². The molecule has 9 heteroatoms. The number of nitrogens with zero attached hydrogens (tertiary/aromatic N) is 4. The van der Waals surface area contributed by atoms with Crippen molar-refractivity contribution in [3.63, 3.8) is 0 Å². The van der Waals surface area contributed by atoms with Crippen LogP contribution in [0.3, 0.4) is 0 Å². The fourth-order valence-electron chi connectivity index (χ4n) is 2.59. The number of rotatable bonds is 5. The molecule has 1 unspecified atom stereocenters. The topological polar surface area (TPSA) is 101 Å². The van der Waals surface area contributed by atoms with Gasteiger partial charge in [-0.05, 0) is 32.0 Å². The van der Waals surface area contributed by atoms with Crippen molar-refractivity contribution in [2.75, 3.05) is 26.2 Å². The maximum atomic E-state index is 11.7. The van der Waals surface area contributed by atoms with E-state index >= 15 is 0 Å². The van der Waals surface area contributed by atoms with E-state index in [1.807, 2.05) is 0 Å². The first kappa shape index (κ1) is 14.5. The van der Waals surface area contributed by atoms with Gasteiger partial charge in [-0.25, -0.2) is 4.79 Å². The quantitative estimate of drug-likeness (QED) is 0.463.